The summed E-state index contributed by atoms with van der Waals surface area (Å²) >= 11 is 0. The molecule has 1 aromatic heterocycles. The molecule has 0 bridgehead atoms. The van der Waals surface area contributed by atoms with E-state index in [0.717, 1.165) is 25.3 Å². The van der Waals surface area contributed by atoms with E-state index in [2.05, 4.69) is 10.6 Å². The topological polar surface area (TPSA) is 158 Å². The highest BCUT2D eigenvalue weighted by molar-refractivity contribution is 5.92. The van der Waals surface area contributed by atoms with Crippen molar-refractivity contribution in [2.45, 2.75) is 52.4 Å². The van der Waals surface area contributed by atoms with Crippen LogP contribution in [0.3, 0.4) is 0 Å². The number of amides is 3. The number of carboxylic acids is 1. The van der Waals surface area contributed by atoms with E-state index in [1.54, 1.807) is 12.4 Å². The Kier molecular flexibility index (Phi) is 11.1. The first-order valence-electron chi connectivity index (χ1n) is 11.8. The fourth-order valence-corrected chi connectivity index (χ4v) is 3.94. The molecule has 0 radical (unpaired) electrons. The number of halogens is 1. The van der Waals surface area contributed by atoms with E-state index in [1.165, 1.54) is 24.3 Å². The average Bonchev–Trinajstić information content (AvgIpc) is 3.34. The molecule has 0 aliphatic carbocycles. The van der Waals surface area contributed by atoms with Gasteiger partial charge < -0.3 is 20.2 Å². The van der Waals surface area contributed by atoms with Crippen LogP contribution >= 0.6 is 0 Å². The van der Waals surface area contributed by atoms with Gasteiger partial charge in [-0.05, 0) is 48.7 Å². The van der Waals surface area contributed by atoms with Gasteiger partial charge in [-0.1, -0.05) is 33.1 Å². The number of aliphatic carboxylic acids is 1. The maximum Gasteiger partial charge on any atom is 0.307 e. The summed E-state index contributed by atoms with van der Waals surface area (Å²) in [7, 11) is 0. The third-order valence-corrected chi connectivity index (χ3v) is 5.84. The van der Waals surface area contributed by atoms with E-state index in [9.17, 15) is 23.6 Å². The molecule has 11 heteroatoms. The molecule has 2 rings (SSSR count). The molecule has 0 aliphatic heterocycles. The lowest BCUT2D eigenvalue weighted by molar-refractivity contribution is -0.140. The zero-order chi connectivity index (χ0) is 26.7. The number of carbonyl (C=O) groups is 4. The molecule has 1 heterocycles. The van der Waals surface area contributed by atoms with E-state index in [-0.39, 0.29) is 23.8 Å². The fraction of sp³-hybridized carbons (Fsp3) is 0.440. The monoisotopic (exact) mass is 505 g/mol. The van der Waals surface area contributed by atoms with Gasteiger partial charge in [0.2, 0.25) is 11.8 Å². The second kappa shape index (κ2) is 14.0. The first kappa shape index (κ1) is 28.5. The molecular weight excluding hydrogens is 473 g/mol. The van der Waals surface area contributed by atoms with Gasteiger partial charge >= 0.3 is 5.97 Å². The minimum Gasteiger partial charge on any atom is -0.481 e. The summed E-state index contributed by atoms with van der Waals surface area (Å²) in [5.74, 6) is -4.69. The van der Waals surface area contributed by atoms with Gasteiger partial charge in [0.15, 0.2) is 5.76 Å². The van der Waals surface area contributed by atoms with Gasteiger partial charge in [-0.3, -0.25) is 24.4 Å². The quantitative estimate of drug-likeness (QED) is 0.114. The number of hydroxylamine groups is 1. The van der Waals surface area contributed by atoms with Crippen molar-refractivity contribution in [2.24, 2.45) is 11.8 Å². The molecule has 0 fully saturated rings. The highest BCUT2D eigenvalue weighted by Crippen LogP contribution is 2.25. The van der Waals surface area contributed by atoms with Crippen LogP contribution in [0.2, 0.25) is 0 Å². The predicted molar refractivity (Wildman–Crippen MR) is 127 cm³/mol. The number of nitrogens with one attached hydrogen (secondary N) is 3. The maximum atomic E-state index is 13.8. The highest BCUT2D eigenvalue weighted by atomic mass is 19.1. The van der Waals surface area contributed by atoms with Crippen LogP contribution < -0.4 is 16.1 Å². The van der Waals surface area contributed by atoms with Gasteiger partial charge in [0.25, 0.3) is 5.91 Å². The highest BCUT2D eigenvalue weighted by Gasteiger charge is 2.32. The Morgan fingerprint density at radius 1 is 1.00 bits per heavy atom. The lowest BCUT2D eigenvalue weighted by Crippen LogP contribution is -2.44. The van der Waals surface area contributed by atoms with Crippen LogP contribution in [0.1, 0.15) is 62.1 Å². The third kappa shape index (κ3) is 7.91. The van der Waals surface area contributed by atoms with Crippen molar-refractivity contribution in [1.29, 1.82) is 0 Å². The SMILES string of the molecule is CCCCC[C@@H](C(=O)NCNC(=O)c1ccc(-c2ccc(F)c(CC(=O)O)c2)o1)[C@@H](CC)C(=O)NO. The van der Waals surface area contributed by atoms with Crippen LogP contribution in [0.5, 0.6) is 0 Å². The van der Waals surface area contributed by atoms with Crippen molar-refractivity contribution in [3.05, 3.63) is 47.5 Å². The van der Waals surface area contributed by atoms with Crippen LogP contribution in [0.25, 0.3) is 11.3 Å². The Morgan fingerprint density at radius 2 is 1.75 bits per heavy atom. The number of hydrogen-bond acceptors (Lipinski definition) is 6. The van der Waals surface area contributed by atoms with Crippen LogP contribution in [-0.4, -0.2) is 40.7 Å². The molecule has 196 valence electrons. The van der Waals surface area contributed by atoms with Crippen molar-refractivity contribution in [3.63, 3.8) is 0 Å². The largest absolute Gasteiger partial charge is 0.481 e. The molecule has 0 aliphatic rings. The second-order valence-electron chi connectivity index (χ2n) is 8.36. The maximum absolute atomic E-state index is 13.8. The van der Waals surface area contributed by atoms with Gasteiger partial charge in [0.05, 0.1) is 19.0 Å². The van der Waals surface area contributed by atoms with Gasteiger partial charge in [0.1, 0.15) is 11.6 Å². The third-order valence-electron chi connectivity index (χ3n) is 5.84. The van der Waals surface area contributed by atoms with E-state index in [0.29, 0.717) is 18.4 Å². The molecule has 0 saturated carbocycles. The molecule has 0 unspecified atom stereocenters. The summed E-state index contributed by atoms with van der Waals surface area (Å²) in [6, 6.07) is 6.78. The van der Waals surface area contributed by atoms with Gasteiger partial charge in [-0.2, -0.15) is 0 Å². The fourth-order valence-electron chi connectivity index (χ4n) is 3.94. The van der Waals surface area contributed by atoms with Crippen molar-refractivity contribution < 1.29 is 38.3 Å². The van der Waals surface area contributed by atoms with Crippen LogP contribution in [0.15, 0.2) is 34.7 Å². The molecule has 10 nitrogen and oxygen atoms in total. The van der Waals surface area contributed by atoms with E-state index in [1.807, 2.05) is 6.92 Å². The van der Waals surface area contributed by atoms with Gasteiger partial charge in [-0.25, -0.2) is 9.87 Å². The van der Waals surface area contributed by atoms with Gasteiger partial charge in [0, 0.05) is 11.5 Å². The van der Waals surface area contributed by atoms with Crippen molar-refractivity contribution >= 4 is 23.7 Å². The number of rotatable bonds is 14. The molecule has 2 atom stereocenters. The molecule has 0 saturated heterocycles. The van der Waals surface area contributed by atoms with Crippen LogP contribution in [0.4, 0.5) is 4.39 Å². The Hall–Kier alpha value is -3.73. The molecule has 0 spiro atoms. The summed E-state index contributed by atoms with van der Waals surface area (Å²) in [5, 5.41) is 23.1. The van der Waals surface area contributed by atoms with Crippen molar-refractivity contribution in [2.75, 3.05) is 6.67 Å². The number of furan rings is 1. The van der Waals surface area contributed by atoms with E-state index in [4.69, 9.17) is 14.7 Å². The van der Waals surface area contributed by atoms with Gasteiger partial charge in [-0.15, -0.1) is 0 Å². The van der Waals surface area contributed by atoms with Crippen LogP contribution in [-0.2, 0) is 20.8 Å². The zero-order valence-corrected chi connectivity index (χ0v) is 20.3. The number of benzene rings is 1. The summed E-state index contributed by atoms with van der Waals surface area (Å²) < 4.78 is 19.4. The molecule has 2 aromatic rings. The molecule has 3 amide bonds. The Balaban J connectivity index is 2.01. The first-order chi connectivity index (χ1) is 17.2. The summed E-state index contributed by atoms with van der Waals surface area (Å²) in [4.78, 5) is 48.2. The number of carboxylic acid groups (broad SMARTS) is 1. The Labute approximate surface area is 208 Å². The lowest BCUT2D eigenvalue weighted by atomic mass is 9.84. The first-order valence-corrected chi connectivity index (χ1v) is 11.8. The number of carbonyl (C=O) groups excluding carboxylic acids is 3. The molecule has 36 heavy (non-hydrogen) atoms. The van der Waals surface area contributed by atoms with Crippen LogP contribution in [0, 0.1) is 17.7 Å². The lowest BCUT2D eigenvalue weighted by Gasteiger charge is -2.24. The second-order valence-corrected chi connectivity index (χ2v) is 8.36. The minimum atomic E-state index is -1.18. The molecular formula is C25H32FN3O7. The summed E-state index contributed by atoms with van der Waals surface area (Å²) in [6.45, 7) is 3.56. The van der Waals surface area contributed by atoms with Crippen molar-refractivity contribution in [1.82, 2.24) is 16.1 Å². The Bertz CT molecular complexity index is 1070. The summed E-state index contributed by atoms with van der Waals surface area (Å²) in [6.07, 6.45) is 2.90. The summed E-state index contributed by atoms with van der Waals surface area (Å²) in [5.41, 5.74) is 2.01. The minimum absolute atomic E-state index is 0.0149. The smallest absolute Gasteiger partial charge is 0.307 e. The average molecular weight is 506 g/mol. The normalized spacial score (nSPS) is 12.4. The zero-order valence-electron chi connectivity index (χ0n) is 20.3. The van der Waals surface area contributed by atoms with E-state index < -0.39 is 47.8 Å². The van der Waals surface area contributed by atoms with E-state index >= 15 is 0 Å². The Morgan fingerprint density at radius 3 is 2.39 bits per heavy atom. The van der Waals surface area contributed by atoms with Crippen molar-refractivity contribution in [3.8, 4) is 11.3 Å². The number of unbranched alkanes of at least 4 members (excludes halogenated alkanes) is 2. The predicted octanol–water partition coefficient (Wildman–Crippen LogP) is 3.24. The standard InChI is InChI=1S/C25H32FN3O7/c1-3-5-6-7-18(17(4-2)24(33)29-35)23(32)27-14-28-25(34)21-11-10-20(36-21)15-8-9-19(26)16(12-15)13-22(30)31/h8-12,17-18,35H,3-7,13-14H2,1-2H3,(H,27,32)(H,28,34)(H,29,33)(H,30,31)/t17-,18-/m1/s1. The molecule has 1 aromatic carbocycles. The molecule has 5 N–H and O–H groups in total. The number of hydrogen-bond donors (Lipinski definition) is 5.